The monoisotopic (exact) mass is 345 g/mol. The fourth-order valence-electron chi connectivity index (χ4n) is 2.09. The SMILES string of the molecule is Nc1nc(NC2CCC(CO)O2)c(SN=O)c(OCCCO)n1. The summed E-state index contributed by atoms with van der Waals surface area (Å²) in [5.41, 5.74) is 5.67. The van der Waals surface area contributed by atoms with Gasteiger partial charge in [-0.25, -0.2) is 0 Å². The Morgan fingerprint density at radius 3 is 2.91 bits per heavy atom. The van der Waals surface area contributed by atoms with Gasteiger partial charge in [0.05, 0.1) is 31.3 Å². The lowest BCUT2D eigenvalue weighted by Crippen LogP contribution is -2.23. The Morgan fingerprint density at radius 2 is 2.26 bits per heavy atom. The number of aliphatic hydroxyl groups is 2. The predicted octanol–water partition coefficient (Wildman–Crippen LogP) is 0.503. The van der Waals surface area contributed by atoms with E-state index in [-0.39, 0.29) is 49.8 Å². The molecule has 0 amide bonds. The summed E-state index contributed by atoms with van der Waals surface area (Å²) in [5, 5.41) is 20.9. The summed E-state index contributed by atoms with van der Waals surface area (Å²) >= 11 is 0.619. The third-order valence-electron chi connectivity index (χ3n) is 3.13. The zero-order chi connectivity index (χ0) is 16.7. The average molecular weight is 345 g/mol. The molecule has 128 valence electrons. The molecular weight excluding hydrogens is 326 g/mol. The van der Waals surface area contributed by atoms with E-state index < -0.39 is 0 Å². The van der Waals surface area contributed by atoms with Gasteiger partial charge < -0.3 is 30.7 Å². The van der Waals surface area contributed by atoms with Crippen LogP contribution in [0.4, 0.5) is 11.8 Å². The minimum atomic E-state index is -0.363. The number of aromatic nitrogens is 2. The van der Waals surface area contributed by atoms with Crippen LogP contribution < -0.4 is 15.8 Å². The third-order valence-corrected chi connectivity index (χ3v) is 3.76. The minimum absolute atomic E-state index is 0.0292. The van der Waals surface area contributed by atoms with Crippen LogP contribution >= 0.6 is 11.9 Å². The first-order valence-corrected chi connectivity index (χ1v) is 7.89. The third kappa shape index (κ3) is 4.89. The molecule has 0 bridgehead atoms. The van der Waals surface area contributed by atoms with Crippen molar-refractivity contribution in [1.82, 2.24) is 9.97 Å². The van der Waals surface area contributed by atoms with Gasteiger partial charge in [-0.3, -0.25) is 0 Å². The van der Waals surface area contributed by atoms with Crippen molar-refractivity contribution in [3.05, 3.63) is 4.91 Å². The van der Waals surface area contributed by atoms with Crippen molar-refractivity contribution in [2.24, 2.45) is 4.58 Å². The molecule has 0 spiro atoms. The van der Waals surface area contributed by atoms with E-state index in [9.17, 15) is 4.91 Å². The first-order valence-electron chi connectivity index (χ1n) is 7.11. The predicted molar refractivity (Wildman–Crippen MR) is 83.9 cm³/mol. The molecule has 1 aromatic rings. The molecule has 0 aliphatic carbocycles. The molecule has 2 heterocycles. The summed E-state index contributed by atoms with van der Waals surface area (Å²) in [7, 11) is 0. The Balaban J connectivity index is 2.17. The molecule has 1 fully saturated rings. The highest BCUT2D eigenvalue weighted by molar-refractivity contribution is 7.98. The Hall–Kier alpha value is -1.69. The number of hydrogen-bond donors (Lipinski definition) is 4. The smallest absolute Gasteiger partial charge is 0.236 e. The zero-order valence-electron chi connectivity index (χ0n) is 12.3. The maximum absolute atomic E-state index is 10.7. The number of nitrogen functional groups attached to an aromatic ring is 1. The normalized spacial score (nSPS) is 20.4. The number of nitrogens with two attached hydrogens (primary N) is 1. The number of anilines is 2. The molecule has 5 N–H and O–H groups in total. The summed E-state index contributed by atoms with van der Waals surface area (Å²) in [6.07, 6.45) is 1.21. The van der Waals surface area contributed by atoms with Crippen molar-refractivity contribution < 1.29 is 19.7 Å². The lowest BCUT2D eigenvalue weighted by atomic mass is 10.2. The van der Waals surface area contributed by atoms with Crippen LogP contribution in [0, 0.1) is 4.91 Å². The molecule has 10 nitrogen and oxygen atoms in total. The van der Waals surface area contributed by atoms with E-state index in [1.54, 1.807) is 0 Å². The van der Waals surface area contributed by atoms with E-state index in [0.29, 0.717) is 36.1 Å². The largest absolute Gasteiger partial charge is 0.477 e. The van der Waals surface area contributed by atoms with E-state index in [4.69, 9.17) is 25.4 Å². The van der Waals surface area contributed by atoms with Gasteiger partial charge in [-0.1, -0.05) is 0 Å². The van der Waals surface area contributed by atoms with Gasteiger partial charge >= 0.3 is 0 Å². The highest BCUT2D eigenvalue weighted by atomic mass is 32.2. The molecule has 0 radical (unpaired) electrons. The molecule has 23 heavy (non-hydrogen) atoms. The molecule has 2 rings (SSSR count). The van der Waals surface area contributed by atoms with Crippen LogP contribution in [0.5, 0.6) is 5.88 Å². The highest BCUT2D eigenvalue weighted by Crippen LogP contribution is 2.36. The zero-order valence-corrected chi connectivity index (χ0v) is 13.2. The fourth-order valence-corrected chi connectivity index (χ4v) is 2.54. The molecule has 2 unspecified atom stereocenters. The summed E-state index contributed by atoms with van der Waals surface area (Å²) in [6.45, 7) is 0.126. The van der Waals surface area contributed by atoms with E-state index in [0.717, 1.165) is 0 Å². The summed E-state index contributed by atoms with van der Waals surface area (Å²) < 4.78 is 13.8. The number of aliphatic hydroxyl groups excluding tert-OH is 2. The fraction of sp³-hybridized carbons (Fsp3) is 0.667. The van der Waals surface area contributed by atoms with Gasteiger partial charge in [0.1, 0.15) is 11.1 Å². The van der Waals surface area contributed by atoms with Crippen molar-refractivity contribution >= 4 is 23.7 Å². The maximum atomic E-state index is 10.7. The Kier molecular flexibility index (Phi) is 6.77. The number of nitroso groups, excluding NO2 is 1. The van der Waals surface area contributed by atoms with E-state index in [1.807, 2.05) is 0 Å². The second-order valence-corrected chi connectivity index (χ2v) is 5.55. The maximum Gasteiger partial charge on any atom is 0.236 e. The molecule has 2 atom stereocenters. The van der Waals surface area contributed by atoms with Gasteiger partial charge in [0.15, 0.2) is 5.82 Å². The van der Waals surface area contributed by atoms with Crippen molar-refractivity contribution in [1.29, 1.82) is 0 Å². The standard InChI is InChI=1S/C12H19N5O5S/c13-12-15-10(14-8-3-2-7(6-19)22-8)9(23-17-20)11(16-12)21-5-1-4-18/h7-8,18-19H,1-6H2,(H3,13,14,15,16). The molecule has 0 saturated carbocycles. The Bertz CT molecular complexity index is 535. The highest BCUT2D eigenvalue weighted by Gasteiger charge is 2.27. The molecule has 1 saturated heterocycles. The number of ether oxygens (including phenoxy) is 2. The minimum Gasteiger partial charge on any atom is -0.477 e. The number of nitrogens with one attached hydrogen (secondary N) is 1. The van der Waals surface area contributed by atoms with Crippen LogP contribution in [-0.2, 0) is 4.74 Å². The van der Waals surface area contributed by atoms with E-state index in [2.05, 4.69) is 19.9 Å². The Morgan fingerprint density at radius 1 is 1.43 bits per heavy atom. The summed E-state index contributed by atoms with van der Waals surface area (Å²) in [4.78, 5) is 19.0. The van der Waals surface area contributed by atoms with Crippen LogP contribution in [0.3, 0.4) is 0 Å². The van der Waals surface area contributed by atoms with Crippen LogP contribution in [0.2, 0.25) is 0 Å². The number of rotatable bonds is 9. The molecule has 1 aliphatic rings. The van der Waals surface area contributed by atoms with Gasteiger partial charge in [-0.15, -0.1) is 4.91 Å². The van der Waals surface area contributed by atoms with Crippen LogP contribution in [0.25, 0.3) is 0 Å². The van der Waals surface area contributed by atoms with Crippen LogP contribution in [0.15, 0.2) is 9.48 Å². The van der Waals surface area contributed by atoms with Gasteiger partial charge in [-0.05, 0) is 12.8 Å². The summed E-state index contributed by atoms with van der Waals surface area (Å²) in [5.74, 6) is 0.373. The first-order chi connectivity index (χ1) is 11.2. The number of nitrogens with zero attached hydrogens (tertiary/aromatic N) is 3. The van der Waals surface area contributed by atoms with Crippen molar-refractivity contribution in [3.63, 3.8) is 0 Å². The quantitative estimate of drug-likeness (QED) is 0.283. The lowest BCUT2D eigenvalue weighted by Gasteiger charge is -2.17. The van der Waals surface area contributed by atoms with E-state index in [1.165, 1.54) is 0 Å². The molecule has 1 aromatic heterocycles. The van der Waals surface area contributed by atoms with Gasteiger partial charge in [-0.2, -0.15) is 9.97 Å². The lowest BCUT2D eigenvalue weighted by molar-refractivity contribution is 0.0233. The second kappa shape index (κ2) is 8.82. The van der Waals surface area contributed by atoms with Crippen LogP contribution in [-0.4, -0.2) is 52.3 Å². The average Bonchev–Trinajstić information content (AvgIpc) is 2.98. The van der Waals surface area contributed by atoms with Crippen molar-refractivity contribution in [2.75, 3.05) is 30.9 Å². The molecule has 1 aliphatic heterocycles. The van der Waals surface area contributed by atoms with Gasteiger partial charge in [0.25, 0.3) is 0 Å². The molecule has 0 aromatic carbocycles. The van der Waals surface area contributed by atoms with Crippen molar-refractivity contribution in [3.8, 4) is 5.88 Å². The van der Waals surface area contributed by atoms with Gasteiger partial charge in [0.2, 0.25) is 11.8 Å². The molecule has 11 heteroatoms. The van der Waals surface area contributed by atoms with E-state index >= 15 is 0 Å². The topological polar surface area (TPSA) is 152 Å². The summed E-state index contributed by atoms with van der Waals surface area (Å²) in [6, 6.07) is 0. The van der Waals surface area contributed by atoms with Gasteiger partial charge in [0, 0.05) is 17.6 Å². The first kappa shape index (κ1) is 17.7. The number of hydrogen-bond acceptors (Lipinski definition) is 11. The van der Waals surface area contributed by atoms with Crippen LogP contribution in [0.1, 0.15) is 19.3 Å². The van der Waals surface area contributed by atoms with Crippen molar-refractivity contribution in [2.45, 2.75) is 36.5 Å². The molecular formula is C12H19N5O5S. The second-order valence-electron chi connectivity index (χ2n) is 4.81. The Labute approximate surface area is 136 Å².